The first-order chi connectivity index (χ1) is 12.1. The van der Waals surface area contributed by atoms with Crippen molar-refractivity contribution in [3.8, 4) is 0 Å². The molecule has 0 N–H and O–H groups in total. The van der Waals surface area contributed by atoms with E-state index in [1.807, 2.05) is 0 Å². The predicted molar refractivity (Wildman–Crippen MR) is 106 cm³/mol. The van der Waals surface area contributed by atoms with Gasteiger partial charge in [-0.25, -0.2) is 4.79 Å². The lowest BCUT2D eigenvalue weighted by Gasteiger charge is -2.46. The summed E-state index contributed by atoms with van der Waals surface area (Å²) >= 11 is 0. The monoisotopic (exact) mass is 397 g/mol. The number of hydrogen-bond donors (Lipinski definition) is 0. The number of amides is 1. The van der Waals surface area contributed by atoms with Gasteiger partial charge in [0.1, 0.15) is 5.60 Å². The summed E-state index contributed by atoms with van der Waals surface area (Å²) in [5.41, 5.74) is -0.691. The van der Waals surface area contributed by atoms with E-state index in [-0.39, 0.29) is 34.6 Å². The molecule has 0 aliphatic carbocycles. The normalized spacial score (nSPS) is 28.9. The molecule has 2 heterocycles. The van der Waals surface area contributed by atoms with Crippen molar-refractivity contribution in [1.29, 1.82) is 0 Å². The van der Waals surface area contributed by atoms with Crippen molar-refractivity contribution in [3.05, 3.63) is 0 Å². The van der Waals surface area contributed by atoms with Gasteiger partial charge in [-0.3, -0.25) is 9.59 Å². The molecule has 0 aromatic rings. The number of carbonyl (C=O) groups excluding carboxylic acids is 3. The van der Waals surface area contributed by atoms with Crippen LogP contribution < -0.4 is 0 Å². The third kappa shape index (κ3) is 4.14. The summed E-state index contributed by atoms with van der Waals surface area (Å²) in [4.78, 5) is 39.2. The molecule has 27 heavy (non-hydrogen) atoms. The fourth-order valence-electron chi connectivity index (χ4n) is 3.58. The number of Topliss-reactive ketones (excluding diaryl/α,β-unsaturated/α-hetero) is 1. The second kappa shape index (κ2) is 6.99. The molecule has 7 heteroatoms. The van der Waals surface area contributed by atoms with Crippen LogP contribution in [0.25, 0.3) is 0 Å². The number of ether oxygens (including phenoxy) is 1. The maximum Gasteiger partial charge on any atom is 0.337 e. The Morgan fingerprint density at radius 3 is 2.15 bits per heavy atom. The zero-order valence-corrected chi connectivity index (χ0v) is 19.2. The van der Waals surface area contributed by atoms with Crippen LogP contribution in [0.2, 0.25) is 18.1 Å². The number of ketones is 1. The summed E-state index contributed by atoms with van der Waals surface area (Å²) < 4.78 is 11.6. The summed E-state index contributed by atoms with van der Waals surface area (Å²) in [5, 5.41) is 0.112. The number of nitrogens with zero attached hydrogens (tertiary/aromatic N) is 1. The van der Waals surface area contributed by atoms with Crippen LogP contribution in [0, 0.1) is 11.8 Å². The lowest BCUT2D eigenvalue weighted by Crippen LogP contribution is -2.63. The minimum atomic E-state index is -1.87. The van der Waals surface area contributed by atoms with E-state index in [2.05, 4.69) is 33.9 Å². The second-order valence-corrected chi connectivity index (χ2v) is 15.2. The van der Waals surface area contributed by atoms with Crippen LogP contribution in [-0.2, 0) is 23.5 Å². The Labute approximate surface area is 164 Å². The topological polar surface area (TPSA) is 72.9 Å². The molecule has 2 aliphatic heterocycles. The third-order valence-electron chi connectivity index (χ3n) is 6.14. The van der Waals surface area contributed by atoms with Crippen molar-refractivity contribution >= 4 is 26.0 Å². The van der Waals surface area contributed by atoms with Crippen LogP contribution in [0.3, 0.4) is 0 Å². The fourth-order valence-corrected chi connectivity index (χ4v) is 4.64. The lowest BCUT2D eigenvalue weighted by molar-refractivity contribution is -0.174. The van der Waals surface area contributed by atoms with Crippen LogP contribution in [0.1, 0.15) is 54.9 Å². The Balaban J connectivity index is 2.03. The van der Waals surface area contributed by atoms with Gasteiger partial charge >= 0.3 is 5.97 Å². The van der Waals surface area contributed by atoms with Crippen LogP contribution >= 0.6 is 0 Å². The number of hydrogen-bond acceptors (Lipinski definition) is 5. The van der Waals surface area contributed by atoms with Gasteiger partial charge in [0, 0.05) is 12.5 Å². The number of β-lactam (4-membered cyclic amide) rings is 1. The van der Waals surface area contributed by atoms with Crippen LogP contribution in [0.4, 0.5) is 0 Å². The maximum atomic E-state index is 12.7. The van der Waals surface area contributed by atoms with Gasteiger partial charge in [0.15, 0.2) is 20.1 Å². The molecule has 0 saturated carbocycles. The highest BCUT2D eigenvalue weighted by Crippen LogP contribution is 2.44. The largest absolute Gasteiger partial charge is 0.458 e. The summed E-state index contributed by atoms with van der Waals surface area (Å²) in [6.45, 7) is 18.5. The minimum absolute atomic E-state index is 0.112. The van der Waals surface area contributed by atoms with Crippen molar-refractivity contribution in [3.63, 3.8) is 0 Å². The first-order valence-electron chi connectivity index (χ1n) is 9.81. The molecule has 0 bridgehead atoms. The number of rotatable bonds is 5. The molecule has 0 spiro atoms. The highest BCUT2D eigenvalue weighted by atomic mass is 28.4. The Morgan fingerprint density at radius 1 is 1.11 bits per heavy atom. The van der Waals surface area contributed by atoms with E-state index in [1.165, 1.54) is 4.90 Å². The molecular weight excluding hydrogens is 362 g/mol. The molecule has 154 valence electrons. The molecule has 4 atom stereocenters. The van der Waals surface area contributed by atoms with E-state index in [0.29, 0.717) is 13.0 Å². The molecule has 2 saturated heterocycles. The molecule has 6 nitrogen and oxygen atoms in total. The van der Waals surface area contributed by atoms with Gasteiger partial charge in [0.05, 0.1) is 12.0 Å². The second-order valence-electron chi connectivity index (χ2n) is 10.4. The summed E-state index contributed by atoms with van der Waals surface area (Å²) in [5.74, 6) is -1.56. The van der Waals surface area contributed by atoms with E-state index in [4.69, 9.17) is 9.16 Å². The standard InChI is InChI=1S/C20H35NO5Si/c1-12-14-13(10-11-25-27(8,9)20(5,6)7)17(23)21(14)15(16(12)22)18(24)26-19(2,3)4/h12-15H,10-11H2,1-9H3/t12-,13+,14-,15?/m1/s1. The minimum Gasteiger partial charge on any atom is -0.458 e. The van der Waals surface area contributed by atoms with Crippen molar-refractivity contribution in [2.24, 2.45) is 11.8 Å². The molecule has 2 rings (SSSR count). The predicted octanol–water partition coefficient (Wildman–Crippen LogP) is 3.15. The molecule has 0 radical (unpaired) electrons. The molecule has 0 aromatic carbocycles. The van der Waals surface area contributed by atoms with E-state index in [1.54, 1.807) is 27.7 Å². The Morgan fingerprint density at radius 2 is 1.67 bits per heavy atom. The number of fused-ring (bicyclic) bond motifs is 1. The van der Waals surface area contributed by atoms with Gasteiger partial charge in [-0.1, -0.05) is 27.7 Å². The fraction of sp³-hybridized carbons (Fsp3) is 0.850. The van der Waals surface area contributed by atoms with Gasteiger partial charge in [0.2, 0.25) is 5.91 Å². The van der Waals surface area contributed by atoms with Crippen molar-refractivity contribution in [2.45, 2.75) is 90.7 Å². The van der Waals surface area contributed by atoms with Gasteiger partial charge in [-0.15, -0.1) is 0 Å². The molecule has 2 aliphatic rings. The van der Waals surface area contributed by atoms with Crippen molar-refractivity contribution in [1.82, 2.24) is 4.90 Å². The molecular formula is C20H35NO5Si. The number of esters is 1. The van der Waals surface area contributed by atoms with Crippen LogP contribution in [-0.4, -0.2) is 55.2 Å². The SMILES string of the molecule is C[C@H]1C(=O)C(C(=O)OC(C)(C)C)N2C(=O)[C@@H](CCO[Si](C)(C)C(C)(C)C)[C@@H]12. The van der Waals surface area contributed by atoms with E-state index in [9.17, 15) is 14.4 Å². The zero-order chi connectivity index (χ0) is 20.9. The summed E-state index contributed by atoms with van der Waals surface area (Å²) in [6, 6.07) is -1.31. The molecule has 1 amide bonds. The maximum absolute atomic E-state index is 12.7. The van der Waals surface area contributed by atoms with Crippen LogP contribution in [0.15, 0.2) is 0 Å². The summed E-state index contributed by atoms with van der Waals surface area (Å²) in [7, 11) is -1.87. The van der Waals surface area contributed by atoms with Crippen molar-refractivity contribution in [2.75, 3.05) is 6.61 Å². The first kappa shape index (κ1) is 22.1. The molecule has 1 unspecified atom stereocenters. The molecule has 0 aromatic heterocycles. The Hall–Kier alpha value is -1.21. The first-order valence-corrected chi connectivity index (χ1v) is 12.7. The van der Waals surface area contributed by atoms with Gasteiger partial charge in [0.25, 0.3) is 0 Å². The van der Waals surface area contributed by atoms with Crippen molar-refractivity contribution < 1.29 is 23.5 Å². The smallest absolute Gasteiger partial charge is 0.337 e. The van der Waals surface area contributed by atoms with E-state index in [0.717, 1.165) is 0 Å². The van der Waals surface area contributed by atoms with Gasteiger partial charge < -0.3 is 14.1 Å². The Kier molecular flexibility index (Phi) is 5.72. The average Bonchev–Trinajstić information content (AvgIpc) is 2.70. The molecule has 2 fully saturated rings. The van der Waals surface area contributed by atoms with E-state index >= 15 is 0 Å². The lowest BCUT2D eigenvalue weighted by atomic mass is 9.81. The van der Waals surface area contributed by atoms with E-state index < -0.39 is 25.9 Å². The highest BCUT2D eigenvalue weighted by Gasteiger charge is 2.63. The van der Waals surface area contributed by atoms with Crippen LogP contribution in [0.5, 0.6) is 0 Å². The third-order valence-corrected chi connectivity index (χ3v) is 10.7. The van der Waals surface area contributed by atoms with Gasteiger partial charge in [-0.2, -0.15) is 0 Å². The quantitative estimate of drug-likeness (QED) is 0.308. The highest BCUT2D eigenvalue weighted by molar-refractivity contribution is 6.74. The Bertz CT molecular complexity index is 631. The van der Waals surface area contributed by atoms with Gasteiger partial charge in [-0.05, 0) is 45.3 Å². The zero-order valence-electron chi connectivity index (χ0n) is 18.2. The average molecular weight is 398 g/mol. The summed E-state index contributed by atoms with van der Waals surface area (Å²) in [6.07, 6.45) is 0.588. The number of carbonyl (C=O) groups is 3.